The fourth-order valence-corrected chi connectivity index (χ4v) is 17.8. The van der Waals surface area contributed by atoms with Crippen molar-refractivity contribution in [3.8, 4) is 0 Å². The van der Waals surface area contributed by atoms with Crippen LogP contribution in [0.15, 0.2) is 0 Å². The summed E-state index contributed by atoms with van der Waals surface area (Å²) in [4.78, 5) is 10.2. The van der Waals surface area contributed by atoms with Gasteiger partial charge in [-0.05, 0) is 61.9 Å². The first kappa shape index (κ1) is 58.9. The van der Waals surface area contributed by atoms with E-state index in [0.717, 1.165) is 0 Å². The standard InChI is InChI=1S/C9H28O10Si4.C8H20O4Si.C7H18O3Si.CH4.H2O/c1-9-16-22(10,12-3)19-21(8,11-2)17-20(7)18-23(13-4,14-5)15-6;1-5-9-13(10-6-2,11-7-3)12-8-4;1-5-8-11(4,9-6-2)10-7-3;;/h10,20H,9H2,1-8H3;5-8H2,1-4H3;5-7H2,1-4H3;1H4;1H2. The molecular formula is C25H72O18Si6. The van der Waals surface area contributed by atoms with Gasteiger partial charge in [-0.15, -0.1) is 0 Å². The Bertz CT molecular complexity index is 669. The van der Waals surface area contributed by atoms with Gasteiger partial charge in [-0.2, -0.15) is 0 Å². The van der Waals surface area contributed by atoms with E-state index in [2.05, 4.69) is 0 Å². The molecule has 0 fully saturated rings. The second-order valence-electron chi connectivity index (χ2n) is 8.64. The fraction of sp³-hybridized carbons (Fsp3) is 1.00. The van der Waals surface area contributed by atoms with Gasteiger partial charge in [0.05, 0.1) is 0 Å². The van der Waals surface area contributed by atoms with Gasteiger partial charge in [-0.1, -0.05) is 7.43 Å². The van der Waals surface area contributed by atoms with Crippen LogP contribution in [0, 0.1) is 0 Å². The molecule has 0 spiro atoms. The molecule has 49 heavy (non-hydrogen) atoms. The smallest absolute Gasteiger partial charge is 0.412 e. The van der Waals surface area contributed by atoms with Gasteiger partial charge in [0.15, 0.2) is 0 Å². The second-order valence-corrected chi connectivity index (χ2v) is 23.3. The van der Waals surface area contributed by atoms with Crippen LogP contribution in [-0.4, -0.2) is 153 Å². The largest absolute Gasteiger partial charge is 0.679 e. The summed E-state index contributed by atoms with van der Waals surface area (Å²) >= 11 is 0. The normalized spacial score (nSPS) is 14.9. The summed E-state index contributed by atoms with van der Waals surface area (Å²) in [6.45, 7) is 24.8. The van der Waals surface area contributed by atoms with E-state index in [4.69, 9.17) is 69.9 Å². The van der Waals surface area contributed by atoms with Crippen molar-refractivity contribution < 1.29 is 80.2 Å². The van der Waals surface area contributed by atoms with E-state index in [0.29, 0.717) is 46.2 Å². The third-order valence-corrected chi connectivity index (χ3v) is 21.7. The van der Waals surface area contributed by atoms with Gasteiger partial charge in [-0.25, -0.2) is 0 Å². The molecule has 0 heterocycles. The molecule has 0 aliphatic rings. The van der Waals surface area contributed by atoms with Gasteiger partial charge in [0.2, 0.25) is 0 Å². The molecular weight excluding hydrogens is 757 g/mol. The lowest BCUT2D eigenvalue weighted by Gasteiger charge is -2.34. The molecule has 0 amide bonds. The SMILES string of the molecule is C.CCO[Si](C)(OCC)OCC.CCO[Si](O)(OC)O[Si](C)(OC)O[SiH](C)O[Si](OC)(OC)OC.CCO[Si](OCC)(OCC)OCC.O. The van der Waals surface area contributed by atoms with Gasteiger partial charge in [0, 0.05) is 101 Å². The van der Waals surface area contributed by atoms with Gasteiger partial charge in [0.25, 0.3) is 0 Å². The van der Waals surface area contributed by atoms with Crippen molar-refractivity contribution in [2.24, 2.45) is 0 Å². The van der Waals surface area contributed by atoms with Gasteiger partial charge >= 0.3 is 54.0 Å². The third-order valence-electron chi connectivity index (χ3n) is 5.21. The van der Waals surface area contributed by atoms with E-state index in [1.165, 1.54) is 35.5 Å². The predicted molar refractivity (Wildman–Crippen MR) is 197 cm³/mol. The molecule has 0 saturated heterocycles. The monoisotopic (exact) mass is 828 g/mol. The molecule has 0 aliphatic carbocycles. The molecule has 0 rings (SSSR count). The van der Waals surface area contributed by atoms with Gasteiger partial charge in [0.1, 0.15) is 0 Å². The minimum Gasteiger partial charge on any atom is -0.412 e. The number of rotatable bonds is 27. The minimum atomic E-state index is -3.83. The van der Waals surface area contributed by atoms with Crippen LogP contribution in [-0.2, 0) is 69.9 Å². The Morgan fingerprint density at radius 2 is 0.776 bits per heavy atom. The van der Waals surface area contributed by atoms with Crippen LogP contribution >= 0.6 is 0 Å². The van der Waals surface area contributed by atoms with Gasteiger partial charge in [-0.3, -0.25) is 0 Å². The summed E-state index contributed by atoms with van der Waals surface area (Å²) in [6.07, 6.45) is 0. The predicted octanol–water partition coefficient (Wildman–Crippen LogP) is 2.63. The van der Waals surface area contributed by atoms with Crippen molar-refractivity contribution in [3.63, 3.8) is 0 Å². The zero-order valence-corrected chi connectivity index (χ0v) is 38.4. The van der Waals surface area contributed by atoms with E-state index in [-0.39, 0.29) is 19.5 Å². The fourth-order valence-electron chi connectivity index (χ4n) is 3.45. The average Bonchev–Trinajstić information content (AvgIpc) is 3.01. The Labute approximate surface area is 304 Å². The van der Waals surface area contributed by atoms with Crippen LogP contribution in [0.2, 0.25) is 19.6 Å². The maximum absolute atomic E-state index is 10.2. The molecule has 3 N–H and O–H groups in total. The van der Waals surface area contributed by atoms with Crippen LogP contribution in [0.4, 0.5) is 0 Å². The van der Waals surface area contributed by atoms with Crippen LogP contribution in [0.3, 0.4) is 0 Å². The highest BCUT2D eigenvalue weighted by molar-refractivity contribution is 6.76. The number of hydrogen-bond donors (Lipinski definition) is 1. The molecule has 0 aromatic carbocycles. The topological polar surface area (TPSA) is 199 Å². The molecule has 0 radical (unpaired) electrons. The zero-order valence-electron chi connectivity index (χ0n) is 32.2. The van der Waals surface area contributed by atoms with Crippen molar-refractivity contribution in [2.45, 2.75) is 82.5 Å². The average molecular weight is 829 g/mol. The highest BCUT2D eigenvalue weighted by atomic mass is 28.5. The molecule has 18 nitrogen and oxygen atoms in total. The van der Waals surface area contributed by atoms with E-state index in [1.54, 1.807) is 20.0 Å². The third kappa shape index (κ3) is 26.1. The molecule has 0 bridgehead atoms. The first-order valence-electron chi connectivity index (χ1n) is 15.7. The Balaban J connectivity index is -0.000000212. The molecule has 0 aliphatic heterocycles. The van der Waals surface area contributed by atoms with E-state index in [1.807, 2.05) is 55.0 Å². The summed E-state index contributed by atoms with van der Waals surface area (Å²) < 4.78 is 86.0. The van der Waals surface area contributed by atoms with Crippen molar-refractivity contribution in [1.82, 2.24) is 0 Å². The molecule has 0 aromatic rings. The Kier molecular flexibility index (Phi) is 39.9. The van der Waals surface area contributed by atoms with Crippen molar-refractivity contribution in [3.05, 3.63) is 0 Å². The van der Waals surface area contributed by atoms with Crippen LogP contribution in [0.1, 0.15) is 62.8 Å². The highest BCUT2D eigenvalue weighted by Crippen LogP contribution is 2.20. The first-order chi connectivity index (χ1) is 22.1. The van der Waals surface area contributed by atoms with E-state index >= 15 is 0 Å². The summed E-state index contributed by atoms with van der Waals surface area (Å²) in [6, 6.07) is 0. The maximum Gasteiger partial charge on any atom is 0.679 e. The Hall–Kier alpha value is 0.581. The molecule has 0 aromatic heterocycles. The zero-order chi connectivity index (χ0) is 37.0. The number of hydrogen-bond acceptors (Lipinski definition) is 17. The molecule has 3 atom stereocenters. The Morgan fingerprint density at radius 1 is 0.449 bits per heavy atom. The summed E-state index contributed by atoms with van der Waals surface area (Å²) in [5, 5.41) is 0. The lowest BCUT2D eigenvalue weighted by Crippen LogP contribution is -2.60. The van der Waals surface area contributed by atoms with Crippen LogP contribution < -0.4 is 0 Å². The maximum atomic E-state index is 10.2. The summed E-state index contributed by atoms with van der Waals surface area (Å²) in [5.74, 6) is 0. The molecule has 3 unspecified atom stereocenters. The first-order valence-corrected chi connectivity index (χ1v) is 27.2. The van der Waals surface area contributed by atoms with E-state index < -0.39 is 54.0 Å². The van der Waals surface area contributed by atoms with Gasteiger partial charge < -0.3 is 80.2 Å². The lowest BCUT2D eigenvalue weighted by molar-refractivity contribution is -0.0247. The molecule has 24 heteroatoms. The second kappa shape index (κ2) is 33.2. The minimum absolute atomic E-state index is 0. The van der Waals surface area contributed by atoms with Crippen molar-refractivity contribution in [1.29, 1.82) is 0 Å². The Morgan fingerprint density at radius 3 is 1.02 bits per heavy atom. The molecule has 304 valence electrons. The quantitative estimate of drug-likeness (QED) is 0.118. The molecule has 0 saturated carbocycles. The van der Waals surface area contributed by atoms with Crippen molar-refractivity contribution in [2.75, 3.05) is 88.4 Å². The van der Waals surface area contributed by atoms with Crippen LogP contribution in [0.25, 0.3) is 0 Å². The highest BCUT2D eigenvalue weighted by Gasteiger charge is 2.53. The lowest BCUT2D eigenvalue weighted by atomic mass is 10.9. The van der Waals surface area contributed by atoms with E-state index in [9.17, 15) is 4.80 Å². The van der Waals surface area contributed by atoms with Crippen LogP contribution in [0.5, 0.6) is 0 Å². The summed E-state index contributed by atoms with van der Waals surface area (Å²) in [5.41, 5.74) is 0. The van der Waals surface area contributed by atoms with Crippen molar-refractivity contribution >= 4 is 54.0 Å². The summed E-state index contributed by atoms with van der Waals surface area (Å²) in [7, 11) is -10.7.